The average Bonchev–Trinajstić information content (AvgIpc) is 2.84. The second kappa shape index (κ2) is 10.3. The van der Waals surface area contributed by atoms with E-state index in [-0.39, 0.29) is 0 Å². The SMILES string of the molecule is CCCCN(CCCC)c1ccncc1-c1c(-c2ccccc2)ccc2ccccc12. The third-order valence-corrected chi connectivity index (χ3v) is 5.99. The molecule has 0 radical (unpaired) electrons. The topological polar surface area (TPSA) is 16.1 Å². The van der Waals surface area contributed by atoms with Crippen LogP contribution in [0.3, 0.4) is 0 Å². The molecule has 0 saturated heterocycles. The van der Waals surface area contributed by atoms with E-state index in [0.29, 0.717) is 0 Å². The lowest BCUT2D eigenvalue weighted by Crippen LogP contribution is -2.26. The molecule has 0 bridgehead atoms. The molecule has 0 N–H and O–H groups in total. The predicted octanol–water partition coefficient (Wildman–Crippen LogP) is 7.98. The third kappa shape index (κ3) is 4.64. The van der Waals surface area contributed by atoms with Crippen LogP contribution in [-0.2, 0) is 0 Å². The first-order chi connectivity index (χ1) is 15.3. The van der Waals surface area contributed by atoms with E-state index in [0.717, 1.165) is 13.1 Å². The summed E-state index contributed by atoms with van der Waals surface area (Å²) in [4.78, 5) is 7.15. The van der Waals surface area contributed by atoms with Gasteiger partial charge in [-0.25, -0.2) is 0 Å². The highest BCUT2D eigenvalue weighted by molar-refractivity contribution is 6.06. The van der Waals surface area contributed by atoms with Crippen molar-refractivity contribution in [2.75, 3.05) is 18.0 Å². The van der Waals surface area contributed by atoms with Gasteiger partial charge in [0.2, 0.25) is 0 Å². The highest BCUT2D eigenvalue weighted by Gasteiger charge is 2.18. The summed E-state index contributed by atoms with van der Waals surface area (Å²) in [6.45, 7) is 6.70. The maximum Gasteiger partial charge on any atom is 0.0477 e. The Kier molecular flexibility index (Phi) is 6.99. The Morgan fingerprint density at radius 1 is 0.710 bits per heavy atom. The van der Waals surface area contributed by atoms with E-state index in [1.807, 2.05) is 6.20 Å². The van der Waals surface area contributed by atoms with Crippen molar-refractivity contribution in [3.05, 3.63) is 85.2 Å². The van der Waals surface area contributed by atoms with Crippen molar-refractivity contribution in [2.24, 2.45) is 0 Å². The van der Waals surface area contributed by atoms with Crippen LogP contribution in [0.4, 0.5) is 5.69 Å². The van der Waals surface area contributed by atoms with Crippen molar-refractivity contribution in [3.63, 3.8) is 0 Å². The summed E-state index contributed by atoms with van der Waals surface area (Å²) < 4.78 is 0. The lowest BCUT2D eigenvalue weighted by molar-refractivity contribution is 0.678. The molecule has 31 heavy (non-hydrogen) atoms. The van der Waals surface area contributed by atoms with Crippen LogP contribution in [0.25, 0.3) is 33.0 Å². The Labute approximate surface area is 186 Å². The van der Waals surface area contributed by atoms with Crippen LogP contribution in [-0.4, -0.2) is 18.1 Å². The monoisotopic (exact) mass is 408 g/mol. The summed E-state index contributed by atoms with van der Waals surface area (Å²) in [7, 11) is 0. The number of pyridine rings is 1. The lowest BCUT2D eigenvalue weighted by Gasteiger charge is -2.28. The summed E-state index contributed by atoms with van der Waals surface area (Å²) in [6, 6.07) is 26.1. The molecule has 0 aliphatic heterocycles. The Morgan fingerprint density at radius 3 is 2.16 bits per heavy atom. The zero-order valence-corrected chi connectivity index (χ0v) is 18.7. The average molecular weight is 409 g/mol. The van der Waals surface area contributed by atoms with Gasteiger partial charge < -0.3 is 4.90 Å². The molecular formula is C29H32N2. The number of fused-ring (bicyclic) bond motifs is 1. The van der Waals surface area contributed by atoms with Gasteiger partial charge >= 0.3 is 0 Å². The van der Waals surface area contributed by atoms with Crippen LogP contribution in [0, 0.1) is 0 Å². The normalized spacial score (nSPS) is 11.0. The maximum atomic E-state index is 4.58. The number of rotatable bonds is 9. The molecule has 0 atom stereocenters. The number of benzene rings is 3. The second-order valence-electron chi connectivity index (χ2n) is 8.16. The van der Waals surface area contributed by atoms with Gasteiger partial charge in [0.25, 0.3) is 0 Å². The fourth-order valence-corrected chi connectivity index (χ4v) is 4.33. The van der Waals surface area contributed by atoms with Crippen molar-refractivity contribution in [1.82, 2.24) is 4.98 Å². The summed E-state index contributed by atoms with van der Waals surface area (Å²) >= 11 is 0. The second-order valence-corrected chi connectivity index (χ2v) is 8.16. The van der Waals surface area contributed by atoms with Gasteiger partial charge in [-0.05, 0) is 40.8 Å². The van der Waals surface area contributed by atoms with E-state index in [2.05, 4.69) is 103 Å². The predicted molar refractivity (Wildman–Crippen MR) is 135 cm³/mol. The van der Waals surface area contributed by atoms with Crippen molar-refractivity contribution in [2.45, 2.75) is 39.5 Å². The van der Waals surface area contributed by atoms with Crippen LogP contribution in [0.1, 0.15) is 39.5 Å². The molecule has 1 heterocycles. The molecule has 0 unspecified atom stereocenters. The zero-order chi connectivity index (χ0) is 21.5. The molecule has 4 aromatic rings. The maximum absolute atomic E-state index is 4.58. The molecule has 2 nitrogen and oxygen atoms in total. The van der Waals surface area contributed by atoms with E-state index >= 15 is 0 Å². The fraction of sp³-hybridized carbons (Fsp3) is 0.276. The van der Waals surface area contributed by atoms with Gasteiger partial charge in [0.05, 0.1) is 0 Å². The van der Waals surface area contributed by atoms with Gasteiger partial charge in [0, 0.05) is 42.3 Å². The van der Waals surface area contributed by atoms with Crippen molar-refractivity contribution < 1.29 is 0 Å². The van der Waals surface area contributed by atoms with Gasteiger partial charge in [-0.2, -0.15) is 0 Å². The molecule has 0 fully saturated rings. The number of aromatic nitrogens is 1. The summed E-state index contributed by atoms with van der Waals surface area (Å²) in [5, 5.41) is 2.55. The van der Waals surface area contributed by atoms with Crippen LogP contribution >= 0.6 is 0 Å². The van der Waals surface area contributed by atoms with E-state index < -0.39 is 0 Å². The van der Waals surface area contributed by atoms with Crippen LogP contribution in [0.5, 0.6) is 0 Å². The number of nitrogens with zero attached hydrogens (tertiary/aromatic N) is 2. The van der Waals surface area contributed by atoms with E-state index in [9.17, 15) is 0 Å². The molecule has 4 rings (SSSR count). The number of hydrogen-bond acceptors (Lipinski definition) is 2. The van der Waals surface area contributed by atoms with Gasteiger partial charge in [-0.3, -0.25) is 4.98 Å². The van der Waals surface area contributed by atoms with E-state index in [1.54, 1.807) is 0 Å². The lowest BCUT2D eigenvalue weighted by atomic mass is 9.89. The highest BCUT2D eigenvalue weighted by atomic mass is 15.1. The zero-order valence-electron chi connectivity index (χ0n) is 18.7. The Morgan fingerprint density at radius 2 is 1.42 bits per heavy atom. The smallest absolute Gasteiger partial charge is 0.0477 e. The van der Waals surface area contributed by atoms with E-state index in [4.69, 9.17) is 0 Å². The molecular weight excluding hydrogens is 376 g/mol. The molecule has 0 spiro atoms. The van der Waals surface area contributed by atoms with Crippen molar-refractivity contribution >= 4 is 16.5 Å². The van der Waals surface area contributed by atoms with Gasteiger partial charge in [0.15, 0.2) is 0 Å². The molecule has 0 saturated carbocycles. The Balaban J connectivity index is 1.95. The fourth-order valence-electron chi connectivity index (χ4n) is 4.33. The van der Waals surface area contributed by atoms with Crippen LogP contribution in [0.2, 0.25) is 0 Å². The molecule has 158 valence electrons. The first-order valence-electron chi connectivity index (χ1n) is 11.6. The van der Waals surface area contributed by atoms with E-state index in [1.165, 1.54) is 64.4 Å². The molecule has 1 aromatic heterocycles. The quantitative estimate of drug-likeness (QED) is 0.279. The molecule has 0 aliphatic carbocycles. The largest absolute Gasteiger partial charge is 0.371 e. The summed E-state index contributed by atoms with van der Waals surface area (Å²) in [5.74, 6) is 0. The van der Waals surface area contributed by atoms with Crippen LogP contribution in [0.15, 0.2) is 85.2 Å². The summed E-state index contributed by atoms with van der Waals surface area (Å²) in [6.07, 6.45) is 8.81. The Hall–Kier alpha value is -3.13. The molecule has 0 aliphatic rings. The van der Waals surface area contributed by atoms with Crippen LogP contribution < -0.4 is 4.90 Å². The number of anilines is 1. The summed E-state index contributed by atoms with van der Waals surface area (Å²) in [5.41, 5.74) is 6.31. The minimum absolute atomic E-state index is 1.08. The van der Waals surface area contributed by atoms with Crippen molar-refractivity contribution in [1.29, 1.82) is 0 Å². The molecule has 0 amide bonds. The van der Waals surface area contributed by atoms with Gasteiger partial charge in [-0.1, -0.05) is 93.4 Å². The van der Waals surface area contributed by atoms with Gasteiger partial charge in [-0.15, -0.1) is 0 Å². The standard InChI is InChI=1S/C29H32N2/c1-3-5-20-31(21-6-4-2)28-18-19-30-22-27(28)29-25-15-11-10-14-24(25)16-17-26(29)23-12-8-7-9-13-23/h7-19,22H,3-6,20-21H2,1-2H3. The molecule has 2 heteroatoms. The third-order valence-electron chi connectivity index (χ3n) is 5.99. The molecule has 3 aromatic carbocycles. The highest BCUT2D eigenvalue weighted by Crippen LogP contribution is 2.42. The minimum atomic E-state index is 1.08. The first-order valence-corrected chi connectivity index (χ1v) is 11.6. The van der Waals surface area contributed by atoms with Crippen molar-refractivity contribution in [3.8, 4) is 22.3 Å². The number of unbranched alkanes of at least 4 members (excludes halogenated alkanes) is 2. The minimum Gasteiger partial charge on any atom is -0.371 e. The Bertz CT molecular complexity index is 1110. The van der Waals surface area contributed by atoms with Gasteiger partial charge in [0.1, 0.15) is 0 Å². The first kappa shape index (κ1) is 21.1. The number of hydrogen-bond donors (Lipinski definition) is 0.